The van der Waals surface area contributed by atoms with Crippen LogP contribution in [-0.2, 0) is 0 Å². The number of nitrogens with zero attached hydrogens (tertiary/aromatic N) is 1. The van der Waals surface area contributed by atoms with E-state index in [-0.39, 0.29) is 11.9 Å². The number of carbonyl (C=O) groups excluding carboxylic acids is 1. The van der Waals surface area contributed by atoms with E-state index in [9.17, 15) is 4.79 Å². The van der Waals surface area contributed by atoms with Gasteiger partial charge in [-0.05, 0) is 30.7 Å². The van der Waals surface area contributed by atoms with Crippen molar-refractivity contribution in [3.8, 4) is 0 Å². The van der Waals surface area contributed by atoms with Crippen molar-refractivity contribution in [2.45, 2.75) is 13.0 Å². The second-order valence-corrected chi connectivity index (χ2v) is 5.91. The van der Waals surface area contributed by atoms with E-state index in [1.807, 2.05) is 61.5 Å². The third-order valence-corrected chi connectivity index (χ3v) is 4.31. The topological polar surface area (TPSA) is 57.8 Å². The molecular weight excluding hydrogens is 298 g/mol. The Hall–Kier alpha value is -3.14. The largest absolute Gasteiger partial charge is 0.353 e. The molecular formula is C20H17N3O. The molecule has 2 aromatic carbocycles. The van der Waals surface area contributed by atoms with Crippen LogP contribution < -0.4 is 5.32 Å². The van der Waals surface area contributed by atoms with E-state index in [4.69, 9.17) is 0 Å². The average molecular weight is 315 g/mol. The highest BCUT2D eigenvalue weighted by molar-refractivity contribution is 6.09. The maximum Gasteiger partial charge on any atom is 0.251 e. The van der Waals surface area contributed by atoms with Crippen LogP contribution in [0.4, 0.5) is 0 Å². The Morgan fingerprint density at radius 2 is 1.83 bits per heavy atom. The van der Waals surface area contributed by atoms with Crippen LogP contribution in [0.5, 0.6) is 0 Å². The number of hydrogen-bond donors (Lipinski definition) is 2. The first-order valence-corrected chi connectivity index (χ1v) is 7.93. The van der Waals surface area contributed by atoms with Crippen molar-refractivity contribution in [2.24, 2.45) is 0 Å². The van der Waals surface area contributed by atoms with E-state index < -0.39 is 0 Å². The second-order valence-electron chi connectivity index (χ2n) is 5.91. The third kappa shape index (κ3) is 2.52. The number of aromatic nitrogens is 2. The second kappa shape index (κ2) is 5.81. The fourth-order valence-corrected chi connectivity index (χ4v) is 3.00. The molecule has 0 aliphatic rings. The van der Waals surface area contributed by atoms with E-state index >= 15 is 0 Å². The number of carbonyl (C=O) groups is 1. The molecule has 4 heteroatoms. The zero-order chi connectivity index (χ0) is 16.5. The van der Waals surface area contributed by atoms with Gasteiger partial charge in [0.15, 0.2) is 0 Å². The number of benzene rings is 2. The van der Waals surface area contributed by atoms with Crippen LogP contribution in [0.1, 0.15) is 28.9 Å². The molecule has 0 saturated carbocycles. The molecule has 24 heavy (non-hydrogen) atoms. The van der Waals surface area contributed by atoms with Gasteiger partial charge in [0.2, 0.25) is 0 Å². The van der Waals surface area contributed by atoms with Crippen molar-refractivity contribution >= 4 is 27.7 Å². The smallest absolute Gasteiger partial charge is 0.251 e. The SMILES string of the molecule is CC(NC(=O)c1ccc2c(c1)[nH]c1cnccc12)c1ccccc1. The minimum absolute atomic E-state index is 0.0405. The highest BCUT2D eigenvalue weighted by atomic mass is 16.1. The minimum Gasteiger partial charge on any atom is -0.353 e. The fraction of sp³-hybridized carbons (Fsp3) is 0.100. The molecule has 0 spiro atoms. The van der Waals surface area contributed by atoms with Gasteiger partial charge in [0, 0.05) is 28.0 Å². The highest BCUT2D eigenvalue weighted by Crippen LogP contribution is 2.25. The zero-order valence-electron chi connectivity index (χ0n) is 13.3. The van der Waals surface area contributed by atoms with Crippen molar-refractivity contribution in [3.05, 3.63) is 78.1 Å². The lowest BCUT2D eigenvalue weighted by molar-refractivity contribution is 0.0940. The van der Waals surface area contributed by atoms with Gasteiger partial charge < -0.3 is 10.3 Å². The number of H-pyrrole nitrogens is 1. The van der Waals surface area contributed by atoms with E-state index in [2.05, 4.69) is 15.3 Å². The Morgan fingerprint density at radius 1 is 1.04 bits per heavy atom. The summed E-state index contributed by atoms with van der Waals surface area (Å²) in [5, 5.41) is 5.26. The molecule has 1 atom stereocenters. The predicted octanol–water partition coefficient (Wildman–Crippen LogP) is 4.21. The molecule has 2 aromatic heterocycles. The number of nitrogens with one attached hydrogen (secondary N) is 2. The molecule has 1 amide bonds. The van der Waals surface area contributed by atoms with Gasteiger partial charge in [0.25, 0.3) is 5.91 Å². The molecule has 0 aliphatic carbocycles. The van der Waals surface area contributed by atoms with Crippen molar-refractivity contribution < 1.29 is 4.79 Å². The number of rotatable bonds is 3. The summed E-state index contributed by atoms with van der Waals surface area (Å²) in [4.78, 5) is 20.0. The van der Waals surface area contributed by atoms with Crippen molar-refractivity contribution in [3.63, 3.8) is 0 Å². The third-order valence-electron chi connectivity index (χ3n) is 4.31. The summed E-state index contributed by atoms with van der Waals surface area (Å²) in [6.07, 6.45) is 3.57. The van der Waals surface area contributed by atoms with Crippen molar-refractivity contribution in [1.29, 1.82) is 0 Å². The molecule has 4 nitrogen and oxygen atoms in total. The number of fused-ring (bicyclic) bond motifs is 3. The lowest BCUT2D eigenvalue weighted by Gasteiger charge is -2.14. The lowest BCUT2D eigenvalue weighted by atomic mass is 10.1. The molecule has 4 aromatic rings. The first kappa shape index (κ1) is 14.5. The standard InChI is InChI=1S/C20H17N3O/c1-13(14-5-3-2-4-6-14)22-20(24)15-7-8-16-17-9-10-21-12-19(17)23-18(16)11-15/h2-13,23H,1H3,(H,22,24). The molecule has 118 valence electrons. The van der Waals surface area contributed by atoms with E-state index in [0.717, 1.165) is 27.4 Å². The molecule has 0 bridgehead atoms. The van der Waals surface area contributed by atoms with Gasteiger partial charge in [-0.2, -0.15) is 0 Å². The van der Waals surface area contributed by atoms with Crippen LogP contribution in [0.3, 0.4) is 0 Å². The molecule has 0 aliphatic heterocycles. The first-order valence-electron chi connectivity index (χ1n) is 7.93. The summed E-state index contributed by atoms with van der Waals surface area (Å²) >= 11 is 0. The molecule has 1 unspecified atom stereocenters. The Morgan fingerprint density at radius 3 is 2.67 bits per heavy atom. The maximum atomic E-state index is 12.5. The van der Waals surface area contributed by atoms with Gasteiger partial charge in [0.1, 0.15) is 0 Å². The number of pyridine rings is 1. The highest BCUT2D eigenvalue weighted by Gasteiger charge is 2.13. The molecule has 2 N–H and O–H groups in total. The number of amides is 1. The van der Waals surface area contributed by atoms with Crippen molar-refractivity contribution in [2.75, 3.05) is 0 Å². The summed E-state index contributed by atoms with van der Waals surface area (Å²) in [7, 11) is 0. The monoisotopic (exact) mass is 315 g/mol. The van der Waals surface area contributed by atoms with Gasteiger partial charge in [-0.25, -0.2) is 0 Å². The summed E-state index contributed by atoms with van der Waals surface area (Å²) in [5.41, 5.74) is 3.65. The summed E-state index contributed by atoms with van der Waals surface area (Å²) in [5.74, 6) is -0.0787. The Labute approximate surface area is 139 Å². The Balaban J connectivity index is 1.63. The van der Waals surface area contributed by atoms with E-state index in [0.29, 0.717) is 5.56 Å². The van der Waals surface area contributed by atoms with Crippen LogP contribution in [0, 0.1) is 0 Å². The van der Waals surface area contributed by atoms with Gasteiger partial charge in [-0.1, -0.05) is 36.4 Å². The van der Waals surface area contributed by atoms with Crippen molar-refractivity contribution in [1.82, 2.24) is 15.3 Å². The normalized spacial score (nSPS) is 12.4. The lowest BCUT2D eigenvalue weighted by Crippen LogP contribution is -2.26. The van der Waals surface area contributed by atoms with Crippen LogP contribution >= 0.6 is 0 Å². The van der Waals surface area contributed by atoms with Gasteiger partial charge in [-0.3, -0.25) is 9.78 Å². The van der Waals surface area contributed by atoms with Crippen LogP contribution in [0.2, 0.25) is 0 Å². The summed E-state index contributed by atoms with van der Waals surface area (Å²) in [6, 6.07) is 17.6. The summed E-state index contributed by atoms with van der Waals surface area (Å²) < 4.78 is 0. The first-order chi connectivity index (χ1) is 11.7. The quantitative estimate of drug-likeness (QED) is 0.595. The molecule has 0 radical (unpaired) electrons. The fourth-order valence-electron chi connectivity index (χ4n) is 3.00. The van der Waals surface area contributed by atoms with Crippen LogP contribution in [0.25, 0.3) is 21.8 Å². The van der Waals surface area contributed by atoms with E-state index in [1.54, 1.807) is 12.4 Å². The van der Waals surface area contributed by atoms with Crippen LogP contribution in [0.15, 0.2) is 67.0 Å². The predicted molar refractivity (Wildman–Crippen MR) is 95.9 cm³/mol. The number of aromatic amines is 1. The molecule has 0 saturated heterocycles. The average Bonchev–Trinajstić information content (AvgIpc) is 3.00. The summed E-state index contributed by atoms with van der Waals surface area (Å²) in [6.45, 7) is 1.99. The minimum atomic E-state index is -0.0787. The Kier molecular flexibility index (Phi) is 3.50. The molecule has 0 fully saturated rings. The Bertz CT molecular complexity index is 1020. The molecule has 2 heterocycles. The zero-order valence-corrected chi connectivity index (χ0v) is 13.3. The van der Waals surface area contributed by atoms with Gasteiger partial charge >= 0.3 is 0 Å². The van der Waals surface area contributed by atoms with Gasteiger partial charge in [0.05, 0.1) is 17.8 Å². The molecule has 4 rings (SSSR count). The number of hydrogen-bond acceptors (Lipinski definition) is 2. The van der Waals surface area contributed by atoms with E-state index in [1.165, 1.54) is 0 Å². The maximum absolute atomic E-state index is 12.5. The van der Waals surface area contributed by atoms with Crippen LogP contribution in [-0.4, -0.2) is 15.9 Å². The van der Waals surface area contributed by atoms with Gasteiger partial charge in [-0.15, -0.1) is 0 Å².